The van der Waals surface area contributed by atoms with Gasteiger partial charge in [-0.15, -0.1) is 0 Å². The lowest BCUT2D eigenvalue weighted by molar-refractivity contribution is 0.00671. The molecule has 126 valence electrons. The number of ether oxygens (including phenoxy) is 1. The van der Waals surface area contributed by atoms with Gasteiger partial charge in [0.1, 0.15) is 11.4 Å². The lowest BCUT2D eigenvalue weighted by Gasteiger charge is -2.47. The highest BCUT2D eigenvalue weighted by Gasteiger charge is 2.45. The highest BCUT2D eigenvalue weighted by molar-refractivity contribution is 6.31. The normalized spacial score (nSPS) is 15.8. The largest absolute Gasteiger partial charge is 0.508 e. The van der Waals surface area contributed by atoms with E-state index in [2.05, 4.69) is 9.72 Å². The van der Waals surface area contributed by atoms with Gasteiger partial charge in [0, 0.05) is 11.8 Å². The summed E-state index contributed by atoms with van der Waals surface area (Å²) in [5, 5.41) is 20.2. The molecule has 6 nitrogen and oxygen atoms in total. The minimum Gasteiger partial charge on any atom is -0.508 e. The summed E-state index contributed by atoms with van der Waals surface area (Å²) in [6.07, 6.45) is 1.22. The molecule has 0 atom stereocenters. The molecule has 1 aliphatic heterocycles. The zero-order valence-corrected chi connectivity index (χ0v) is 13.4. The number of rotatable bonds is 3. The van der Waals surface area contributed by atoms with Crippen LogP contribution in [0.15, 0.2) is 30.5 Å². The number of esters is 1. The van der Waals surface area contributed by atoms with Crippen molar-refractivity contribution >= 4 is 23.4 Å². The molecular weight excluding hydrogens is 339 g/mol. The van der Waals surface area contributed by atoms with Gasteiger partial charge in [0.05, 0.1) is 30.8 Å². The Balaban J connectivity index is 1.80. The maximum absolute atomic E-state index is 14.2. The maximum atomic E-state index is 14.2. The minimum atomic E-state index is -1.26. The molecule has 0 saturated carbocycles. The lowest BCUT2D eigenvalue weighted by atomic mass is 9.86. The van der Waals surface area contributed by atoms with Crippen molar-refractivity contribution in [1.29, 1.82) is 0 Å². The number of pyridine rings is 1. The second-order valence-electron chi connectivity index (χ2n) is 5.57. The van der Waals surface area contributed by atoms with Crippen LogP contribution in [0, 0.1) is 5.82 Å². The second kappa shape index (κ2) is 5.92. The summed E-state index contributed by atoms with van der Waals surface area (Å²) in [4.78, 5) is 16.8. The number of carbonyl (C=O) groups excluding carboxylic acids is 1. The van der Waals surface area contributed by atoms with Gasteiger partial charge in [0.2, 0.25) is 0 Å². The summed E-state index contributed by atoms with van der Waals surface area (Å²) in [7, 11) is 1.20. The number of phenolic OH excluding ortho intramolecular Hbond substituents is 1. The number of β-amino-alcohol motifs (C(OH)–C–C–N with tert-alkyl or cyclic N) is 1. The van der Waals surface area contributed by atoms with Gasteiger partial charge in [-0.05, 0) is 18.2 Å². The van der Waals surface area contributed by atoms with Gasteiger partial charge in [-0.25, -0.2) is 14.2 Å². The zero-order chi connectivity index (χ0) is 17.5. The molecule has 1 saturated heterocycles. The third-order valence-electron chi connectivity index (χ3n) is 3.90. The third kappa shape index (κ3) is 2.76. The first-order chi connectivity index (χ1) is 11.3. The Labute approximate surface area is 142 Å². The first kappa shape index (κ1) is 16.5. The van der Waals surface area contributed by atoms with Crippen LogP contribution < -0.4 is 4.90 Å². The molecule has 8 heteroatoms. The molecule has 0 radical (unpaired) electrons. The minimum absolute atomic E-state index is 0.00496. The number of hydrogen-bond acceptors (Lipinski definition) is 6. The average Bonchev–Trinajstić information content (AvgIpc) is 2.51. The zero-order valence-electron chi connectivity index (χ0n) is 12.7. The summed E-state index contributed by atoms with van der Waals surface area (Å²) < 4.78 is 18.7. The molecule has 2 heterocycles. The van der Waals surface area contributed by atoms with E-state index in [1.807, 2.05) is 0 Å². The Bertz CT molecular complexity index is 809. The quantitative estimate of drug-likeness (QED) is 0.823. The molecule has 0 bridgehead atoms. The topological polar surface area (TPSA) is 82.9 Å². The SMILES string of the molecule is COC(=O)c1cnc(N2CC(O)(c3ccc(O)cc3Cl)C2)c(F)c1. The number of anilines is 1. The average molecular weight is 353 g/mol. The van der Waals surface area contributed by atoms with Gasteiger partial charge in [-0.2, -0.15) is 0 Å². The van der Waals surface area contributed by atoms with Crippen LogP contribution in [-0.2, 0) is 10.3 Å². The monoisotopic (exact) mass is 352 g/mol. The number of halogens is 2. The summed E-state index contributed by atoms with van der Waals surface area (Å²) in [5.41, 5.74) is -0.805. The molecule has 0 amide bonds. The first-order valence-corrected chi connectivity index (χ1v) is 7.42. The Hall–Kier alpha value is -2.38. The van der Waals surface area contributed by atoms with E-state index in [9.17, 15) is 19.4 Å². The molecule has 1 aromatic carbocycles. The van der Waals surface area contributed by atoms with Crippen LogP contribution in [0.25, 0.3) is 0 Å². The van der Waals surface area contributed by atoms with Crippen LogP contribution in [-0.4, -0.2) is 41.4 Å². The summed E-state index contributed by atoms with van der Waals surface area (Å²) in [5.74, 6) is -1.34. The van der Waals surface area contributed by atoms with Gasteiger partial charge in [0.25, 0.3) is 0 Å². The van der Waals surface area contributed by atoms with Crippen molar-refractivity contribution in [2.45, 2.75) is 5.60 Å². The number of benzene rings is 1. The fourth-order valence-electron chi connectivity index (χ4n) is 2.68. The molecule has 3 rings (SSSR count). The highest BCUT2D eigenvalue weighted by Crippen LogP contribution is 2.39. The maximum Gasteiger partial charge on any atom is 0.339 e. The standard InChI is InChI=1S/C16H14ClFN2O4/c1-24-15(22)9-4-13(18)14(19-6-9)20-7-16(23,8-20)11-3-2-10(21)5-12(11)17/h2-6,21,23H,7-8H2,1H3. The van der Waals surface area contributed by atoms with Crippen molar-refractivity contribution in [1.82, 2.24) is 4.98 Å². The number of hydrogen-bond donors (Lipinski definition) is 2. The van der Waals surface area contributed by atoms with Crippen LogP contribution >= 0.6 is 11.6 Å². The summed E-state index contributed by atoms with van der Waals surface area (Å²) >= 11 is 6.04. The van der Waals surface area contributed by atoms with E-state index in [1.165, 1.54) is 36.4 Å². The number of aromatic hydroxyl groups is 1. The van der Waals surface area contributed by atoms with Crippen molar-refractivity contribution in [2.75, 3.05) is 25.1 Å². The molecule has 2 N–H and O–H groups in total. The summed E-state index contributed by atoms with van der Waals surface area (Å²) in [6, 6.07) is 5.32. The van der Waals surface area contributed by atoms with Gasteiger partial charge < -0.3 is 19.8 Å². The number of nitrogens with zero attached hydrogens (tertiary/aromatic N) is 2. The second-order valence-corrected chi connectivity index (χ2v) is 5.98. The van der Waals surface area contributed by atoms with E-state index in [0.717, 1.165) is 6.07 Å². The molecule has 1 aliphatic rings. The molecule has 0 aliphatic carbocycles. The Morgan fingerprint density at radius 2 is 2.12 bits per heavy atom. The van der Waals surface area contributed by atoms with Crippen molar-refractivity contribution in [3.8, 4) is 5.75 Å². The van der Waals surface area contributed by atoms with Gasteiger partial charge >= 0.3 is 5.97 Å². The van der Waals surface area contributed by atoms with Crippen LogP contribution in [0.1, 0.15) is 15.9 Å². The molecule has 0 spiro atoms. The lowest BCUT2D eigenvalue weighted by Crippen LogP contribution is -2.60. The fourth-order valence-corrected chi connectivity index (χ4v) is 3.03. The molecule has 2 aromatic rings. The van der Waals surface area contributed by atoms with E-state index in [-0.39, 0.29) is 35.2 Å². The number of methoxy groups -OCH3 is 1. The number of phenols is 1. The van der Waals surface area contributed by atoms with E-state index < -0.39 is 17.4 Å². The Kier molecular flexibility index (Phi) is 4.06. The molecular formula is C16H14ClFN2O4. The smallest absolute Gasteiger partial charge is 0.339 e. The Morgan fingerprint density at radius 3 is 2.71 bits per heavy atom. The van der Waals surface area contributed by atoms with Crippen LogP contribution in [0.3, 0.4) is 0 Å². The van der Waals surface area contributed by atoms with Gasteiger partial charge in [-0.3, -0.25) is 0 Å². The van der Waals surface area contributed by atoms with Crippen molar-refractivity contribution in [2.24, 2.45) is 0 Å². The summed E-state index contributed by atoms with van der Waals surface area (Å²) in [6.45, 7) is 0.165. The first-order valence-electron chi connectivity index (χ1n) is 7.04. The van der Waals surface area contributed by atoms with Crippen molar-refractivity contribution in [3.63, 3.8) is 0 Å². The Morgan fingerprint density at radius 1 is 1.42 bits per heavy atom. The van der Waals surface area contributed by atoms with Crippen LogP contribution in [0.2, 0.25) is 5.02 Å². The third-order valence-corrected chi connectivity index (χ3v) is 4.21. The highest BCUT2D eigenvalue weighted by atomic mass is 35.5. The van der Waals surface area contributed by atoms with Crippen LogP contribution in [0.5, 0.6) is 5.75 Å². The van der Waals surface area contributed by atoms with E-state index in [4.69, 9.17) is 11.6 Å². The predicted molar refractivity (Wildman–Crippen MR) is 84.8 cm³/mol. The predicted octanol–water partition coefficient (Wildman–Crippen LogP) is 2.07. The molecule has 1 aromatic heterocycles. The van der Waals surface area contributed by atoms with E-state index in [1.54, 1.807) is 0 Å². The number of aromatic nitrogens is 1. The van der Waals surface area contributed by atoms with Crippen LogP contribution in [0.4, 0.5) is 10.2 Å². The van der Waals surface area contributed by atoms with E-state index in [0.29, 0.717) is 5.56 Å². The van der Waals surface area contributed by atoms with E-state index >= 15 is 0 Å². The molecule has 24 heavy (non-hydrogen) atoms. The van der Waals surface area contributed by atoms with Gasteiger partial charge in [-0.1, -0.05) is 17.7 Å². The van der Waals surface area contributed by atoms with Crippen molar-refractivity contribution < 1.29 is 24.1 Å². The molecule has 0 unspecified atom stereocenters. The van der Waals surface area contributed by atoms with Gasteiger partial charge in [0.15, 0.2) is 11.6 Å². The number of aliphatic hydroxyl groups is 1. The number of carbonyl (C=O) groups is 1. The molecule has 1 fully saturated rings. The van der Waals surface area contributed by atoms with Crippen molar-refractivity contribution in [3.05, 3.63) is 52.4 Å². The fraction of sp³-hybridized carbons (Fsp3) is 0.250.